The van der Waals surface area contributed by atoms with Crippen molar-refractivity contribution in [3.8, 4) is 0 Å². The summed E-state index contributed by atoms with van der Waals surface area (Å²) in [6.07, 6.45) is 21.3. The number of amides is 1. The SMILES string of the molecule is CCCCCCCCCC/C=C/CC/C=C/C(O)C(COC1OC(CO)C(O)C(OS(=O)(=O)O)C1O)NC(=O)C(O)CCCCCCCCCCCCC. The molecule has 8 atom stereocenters. The van der Waals surface area contributed by atoms with Gasteiger partial charge in [-0.05, 0) is 32.1 Å². The Morgan fingerprint density at radius 3 is 1.78 bits per heavy atom. The molecule has 1 aliphatic heterocycles. The van der Waals surface area contributed by atoms with Crippen LogP contribution in [-0.4, -0.2) is 107 Å². The van der Waals surface area contributed by atoms with Crippen molar-refractivity contribution >= 4 is 16.3 Å². The van der Waals surface area contributed by atoms with Crippen LogP contribution in [0.2, 0.25) is 0 Å². The molecule has 1 heterocycles. The number of nitrogens with one attached hydrogen (secondary N) is 1. The van der Waals surface area contributed by atoms with Crippen LogP contribution in [0.3, 0.4) is 0 Å². The smallest absolute Gasteiger partial charge is 0.394 e. The molecule has 1 rings (SSSR count). The molecule has 0 saturated carbocycles. The number of allylic oxidation sites excluding steroid dienone is 3. The van der Waals surface area contributed by atoms with Crippen LogP contribution in [0.4, 0.5) is 0 Å². The van der Waals surface area contributed by atoms with Gasteiger partial charge in [0, 0.05) is 0 Å². The van der Waals surface area contributed by atoms with E-state index in [9.17, 15) is 38.7 Å². The number of unbranched alkanes of at least 4 members (excludes halogenated alkanes) is 19. The summed E-state index contributed by atoms with van der Waals surface area (Å²) in [5.74, 6) is -0.714. The summed E-state index contributed by atoms with van der Waals surface area (Å²) in [5.41, 5.74) is 0. The van der Waals surface area contributed by atoms with Gasteiger partial charge in [-0.1, -0.05) is 154 Å². The van der Waals surface area contributed by atoms with Crippen molar-refractivity contribution in [3.05, 3.63) is 24.3 Å². The highest BCUT2D eigenvalue weighted by atomic mass is 32.3. The van der Waals surface area contributed by atoms with Gasteiger partial charge in [0.25, 0.3) is 0 Å². The van der Waals surface area contributed by atoms with Crippen LogP contribution in [0.25, 0.3) is 0 Å². The van der Waals surface area contributed by atoms with Crippen molar-refractivity contribution in [1.82, 2.24) is 5.32 Å². The fourth-order valence-corrected chi connectivity index (χ4v) is 6.98. The summed E-state index contributed by atoms with van der Waals surface area (Å²) >= 11 is 0. The summed E-state index contributed by atoms with van der Waals surface area (Å²) in [6.45, 7) is 3.15. The maximum absolute atomic E-state index is 13.0. The van der Waals surface area contributed by atoms with E-state index >= 15 is 0 Å². The number of hydrogen-bond acceptors (Lipinski definition) is 11. The number of rotatable bonds is 34. The molecule has 0 bridgehead atoms. The second-order valence-electron chi connectivity index (χ2n) is 14.7. The normalized spacial score (nSPS) is 22.6. The largest absolute Gasteiger partial charge is 0.397 e. The molecular weight excluding hydrogens is 719 g/mol. The van der Waals surface area contributed by atoms with Crippen LogP contribution in [-0.2, 0) is 28.9 Å². The van der Waals surface area contributed by atoms with Crippen LogP contribution in [0.1, 0.15) is 162 Å². The van der Waals surface area contributed by atoms with Gasteiger partial charge in [-0.3, -0.25) is 9.35 Å². The Morgan fingerprint density at radius 2 is 1.24 bits per heavy atom. The number of carbonyl (C=O) groups excluding carboxylic acids is 1. The lowest BCUT2D eigenvalue weighted by atomic mass is 9.99. The monoisotopic (exact) mass is 794 g/mol. The minimum absolute atomic E-state index is 0.239. The maximum Gasteiger partial charge on any atom is 0.397 e. The van der Waals surface area contributed by atoms with E-state index < -0.39 is 78.5 Å². The van der Waals surface area contributed by atoms with Crippen LogP contribution in [0.5, 0.6) is 0 Å². The molecule has 0 radical (unpaired) electrons. The van der Waals surface area contributed by atoms with Crippen LogP contribution in [0.15, 0.2) is 24.3 Å². The van der Waals surface area contributed by atoms with E-state index in [0.717, 1.165) is 38.5 Å². The summed E-state index contributed by atoms with van der Waals surface area (Å²) in [6, 6.07) is -1.13. The Balaban J connectivity index is 2.70. The van der Waals surface area contributed by atoms with Gasteiger partial charge in [0.05, 0.1) is 25.4 Å². The lowest BCUT2D eigenvalue weighted by Gasteiger charge is -2.41. The first kappa shape index (κ1) is 50.6. The third-order valence-electron chi connectivity index (χ3n) is 9.84. The van der Waals surface area contributed by atoms with Gasteiger partial charge in [0.2, 0.25) is 5.91 Å². The molecular formula is C40H75NO12S. The predicted molar refractivity (Wildman–Crippen MR) is 210 cm³/mol. The topological polar surface area (TPSA) is 212 Å². The average Bonchev–Trinajstić information content (AvgIpc) is 3.14. The Labute approximate surface area is 325 Å². The molecule has 1 saturated heterocycles. The molecule has 318 valence electrons. The summed E-state index contributed by atoms with van der Waals surface area (Å²) in [5, 5.41) is 54.9. The number of aliphatic hydroxyl groups excluding tert-OH is 5. The van der Waals surface area contributed by atoms with Crippen LogP contribution in [0, 0.1) is 0 Å². The van der Waals surface area contributed by atoms with Gasteiger partial charge in [0.15, 0.2) is 6.29 Å². The van der Waals surface area contributed by atoms with E-state index in [0.29, 0.717) is 12.8 Å². The van der Waals surface area contributed by atoms with E-state index in [-0.39, 0.29) is 6.42 Å². The molecule has 7 N–H and O–H groups in total. The zero-order valence-corrected chi connectivity index (χ0v) is 34.0. The van der Waals surface area contributed by atoms with Gasteiger partial charge < -0.3 is 40.3 Å². The van der Waals surface area contributed by atoms with Crippen molar-refractivity contribution in [1.29, 1.82) is 0 Å². The predicted octanol–water partition coefficient (Wildman–Crippen LogP) is 5.96. The van der Waals surface area contributed by atoms with Crippen LogP contribution >= 0.6 is 0 Å². The van der Waals surface area contributed by atoms with Gasteiger partial charge in [-0.25, -0.2) is 4.18 Å². The van der Waals surface area contributed by atoms with Gasteiger partial charge in [0.1, 0.15) is 30.5 Å². The van der Waals surface area contributed by atoms with E-state index in [1.807, 2.05) is 0 Å². The quantitative estimate of drug-likeness (QED) is 0.0229. The molecule has 0 aromatic rings. The Morgan fingerprint density at radius 1 is 0.741 bits per heavy atom. The molecule has 8 unspecified atom stereocenters. The molecule has 54 heavy (non-hydrogen) atoms. The molecule has 1 amide bonds. The number of aliphatic hydroxyl groups is 5. The third kappa shape index (κ3) is 24.2. The van der Waals surface area contributed by atoms with Crippen molar-refractivity contribution in [3.63, 3.8) is 0 Å². The summed E-state index contributed by atoms with van der Waals surface area (Å²) in [7, 11) is -5.11. The van der Waals surface area contributed by atoms with E-state index in [1.165, 1.54) is 96.0 Å². The first-order valence-corrected chi connectivity index (χ1v) is 22.2. The fraction of sp³-hybridized carbons (Fsp3) is 0.875. The highest BCUT2D eigenvalue weighted by molar-refractivity contribution is 7.80. The summed E-state index contributed by atoms with van der Waals surface area (Å²) < 4.78 is 47.3. The number of carbonyl (C=O) groups is 1. The lowest BCUT2D eigenvalue weighted by molar-refractivity contribution is -0.298. The molecule has 0 spiro atoms. The van der Waals surface area contributed by atoms with Gasteiger partial charge in [-0.15, -0.1) is 0 Å². The van der Waals surface area contributed by atoms with Crippen molar-refractivity contribution in [2.75, 3.05) is 13.2 Å². The van der Waals surface area contributed by atoms with Crippen molar-refractivity contribution in [2.45, 2.75) is 210 Å². The van der Waals surface area contributed by atoms with E-state index in [2.05, 4.69) is 35.5 Å². The average molecular weight is 794 g/mol. The first-order chi connectivity index (χ1) is 25.9. The zero-order valence-electron chi connectivity index (χ0n) is 33.1. The Kier molecular flexibility index (Phi) is 29.6. The first-order valence-electron chi connectivity index (χ1n) is 20.8. The molecule has 0 aliphatic carbocycles. The molecule has 0 aromatic carbocycles. The zero-order chi connectivity index (χ0) is 40.0. The maximum atomic E-state index is 13.0. The molecule has 1 aliphatic rings. The Hall–Kier alpha value is -1.46. The number of hydrogen-bond donors (Lipinski definition) is 7. The van der Waals surface area contributed by atoms with Crippen molar-refractivity contribution in [2.24, 2.45) is 0 Å². The van der Waals surface area contributed by atoms with Gasteiger partial charge in [-0.2, -0.15) is 8.42 Å². The minimum Gasteiger partial charge on any atom is -0.394 e. The van der Waals surface area contributed by atoms with Gasteiger partial charge >= 0.3 is 10.4 Å². The molecule has 0 aromatic heterocycles. The molecule has 13 nitrogen and oxygen atoms in total. The third-order valence-corrected chi connectivity index (χ3v) is 10.3. The second kappa shape index (κ2) is 31.6. The van der Waals surface area contributed by atoms with E-state index in [4.69, 9.17) is 14.0 Å². The van der Waals surface area contributed by atoms with Crippen LogP contribution < -0.4 is 5.32 Å². The second-order valence-corrected chi connectivity index (χ2v) is 15.8. The molecule has 1 fully saturated rings. The summed E-state index contributed by atoms with van der Waals surface area (Å²) in [4.78, 5) is 13.0. The standard InChI is InChI=1S/C40H75NO12S/c1-3-5-7-9-11-13-15-16-17-19-20-22-24-26-28-33(43)32(31-51-40-37(46)38(53-54(48,49)50)36(45)35(30-42)52-40)41-39(47)34(44)29-27-25-23-21-18-14-12-10-8-6-4-2/h19-20,26,28,32-38,40,42-46H,3-18,21-25,27,29-31H2,1-2H3,(H,41,47)(H,48,49,50)/b20-19+,28-26+. The highest BCUT2D eigenvalue weighted by Crippen LogP contribution is 2.26. The fourth-order valence-electron chi connectivity index (χ4n) is 6.47. The van der Waals surface area contributed by atoms with Crippen molar-refractivity contribution < 1.29 is 57.0 Å². The van der Waals surface area contributed by atoms with E-state index in [1.54, 1.807) is 6.08 Å². The Bertz CT molecular complexity index is 1090. The molecule has 14 heteroatoms. The highest BCUT2D eigenvalue weighted by Gasteiger charge is 2.48. The minimum atomic E-state index is -5.11. The lowest BCUT2D eigenvalue weighted by Crippen LogP contribution is -2.61. The number of ether oxygens (including phenoxy) is 2.